The van der Waals surface area contributed by atoms with Crippen molar-refractivity contribution in [3.8, 4) is 28.9 Å². The first-order chi connectivity index (χ1) is 18.3. The molecule has 0 bridgehead atoms. The van der Waals surface area contributed by atoms with E-state index in [0.29, 0.717) is 35.0 Å². The van der Waals surface area contributed by atoms with Crippen molar-refractivity contribution in [2.45, 2.75) is 62.9 Å². The molecular weight excluding hydrogens is 509 g/mol. The summed E-state index contributed by atoms with van der Waals surface area (Å²) < 4.78 is 28.8. The summed E-state index contributed by atoms with van der Waals surface area (Å²) >= 11 is 6.54. The van der Waals surface area contributed by atoms with Crippen molar-refractivity contribution >= 4 is 28.3 Å². The van der Waals surface area contributed by atoms with Crippen LogP contribution in [0.25, 0.3) is 22.2 Å². The highest BCUT2D eigenvalue weighted by atomic mass is 35.5. The third-order valence-electron chi connectivity index (χ3n) is 8.81. The minimum atomic E-state index is -0.603. The molecule has 0 spiro atoms. The number of likely N-dealkylation sites (N-methyl/N-ethyl adjacent to an activating group) is 1. The van der Waals surface area contributed by atoms with Gasteiger partial charge in [-0.05, 0) is 82.2 Å². The zero-order valence-corrected chi connectivity index (χ0v) is 22.4. The van der Waals surface area contributed by atoms with Crippen LogP contribution < -0.4 is 14.4 Å². The Morgan fingerprint density at radius 1 is 1.18 bits per heavy atom. The van der Waals surface area contributed by atoms with E-state index in [-0.39, 0.29) is 46.3 Å². The standard InChI is InChI=1S/C28H31ClFN5O3/c1-15-13-37-26-21-24(22(30)23(31-26)18-11-17(36)12-19(29)20(18)16-5-6-16)32-27(33-25(21)34(15)2)38-14-28-7-3-9-35(28)10-4-8-28/h11-12,15-16,36H,3-10,13-14H2,1-2H3/t15-/m0/s1. The fraction of sp³-hybridized carbons (Fsp3) is 0.536. The number of aromatic nitrogens is 3. The average Bonchev–Trinajstić information content (AvgIpc) is 3.55. The van der Waals surface area contributed by atoms with Gasteiger partial charge in [0.25, 0.3) is 0 Å². The molecule has 8 nitrogen and oxygen atoms in total. The highest BCUT2D eigenvalue weighted by molar-refractivity contribution is 6.32. The van der Waals surface area contributed by atoms with E-state index in [9.17, 15) is 5.11 Å². The largest absolute Gasteiger partial charge is 0.508 e. The summed E-state index contributed by atoms with van der Waals surface area (Å²) in [7, 11) is 1.91. The predicted octanol–water partition coefficient (Wildman–Crippen LogP) is 5.29. The van der Waals surface area contributed by atoms with E-state index in [1.165, 1.54) is 12.1 Å². The lowest BCUT2D eigenvalue weighted by atomic mass is 9.95. The summed E-state index contributed by atoms with van der Waals surface area (Å²) in [5.74, 6) is 0.369. The van der Waals surface area contributed by atoms with Gasteiger partial charge in [-0.15, -0.1) is 0 Å². The molecule has 7 rings (SSSR count). The molecule has 0 unspecified atom stereocenters. The molecule has 1 atom stereocenters. The Labute approximate surface area is 225 Å². The number of nitrogens with zero attached hydrogens (tertiary/aromatic N) is 5. The van der Waals surface area contributed by atoms with E-state index in [0.717, 1.165) is 57.2 Å². The van der Waals surface area contributed by atoms with Crippen molar-refractivity contribution < 1.29 is 19.0 Å². The van der Waals surface area contributed by atoms with Crippen LogP contribution in [0, 0.1) is 5.82 Å². The maximum Gasteiger partial charge on any atom is 0.319 e. The molecule has 4 aliphatic rings. The molecule has 10 heteroatoms. The van der Waals surface area contributed by atoms with E-state index in [4.69, 9.17) is 26.1 Å². The Balaban J connectivity index is 1.39. The van der Waals surface area contributed by atoms with Crippen LogP contribution in [0.2, 0.25) is 5.02 Å². The number of phenols is 1. The fourth-order valence-electron chi connectivity index (χ4n) is 6.47. The number of rotatable bonds is 5. The van der Waals surface area contributed by atoms with Gasteiger partial charge in [-0.3, -0.25) is 4.90 Å². The fourth-order valence-corrected chi connectivity index (χ4v) is 6.84. The summed E-state index contributed by atoms with van der Waals surface area (Å²) in [5, 5.41) is 11.2. The molecule has 5 heterocycles. The van der Waals surface area contributed by atoms with Crippen molar-refractivity contribution in [3.05, 3.63) is 28.5 Å². The molecule has 1 aromatic carbocycles. The quantitative estimate of drug-likeness (QED) is 0.468. The molecule has 200 valence electrons. The van der Waals surface area contributed by atoms with Crippen LogP contribution in [-0.4, -0.2) is 69.9 Å². The van der Waals surface area contributed by atoms with E-state index < -0.39 is 5.82 Å². The summed E-state index contributed by atoms with van der Waals surface area (Å²) in [5.41, 5.74) is 1.44. The molecular formula is C28H31ClFN5O3. The van der Waals surface area contributed by atoms with Crippen molar-refractivity contribution in [1.82, 2.24) is 19.9 Å². The summed E-state index contributed by atoms with van der Waals surface area (Å²) in [6.45, 7) is 5.03. The third kappa shape index (κ3) is 3.77. The van der Waals surface area contributed by atoms with Gasteiger partial charge in [-0.2, -0.15) is 9.97 Å². The van der Waals surface area contributed by atoms with Crippen molar-refractivity contribution in [2.75, 3.05) is 38.3 Å². The molecule has 1 aliphatic carbocycles. The van der Waals surface area contributed by atoms with Crippen molar-refractivity contribution in [3.63, 3.8) is 0 Å². The third-order valence-corrected chi connectivity index (χ3v) is 9.12. The topological polar surface area (TPSA) is 83.8 Å². The van der Waals surface area contributed by atoms with E-state index in [1.54, 1.807) is 0 Å². The van der Waals surface area contributed by atoms with Crippen LogP contribution in [0.3, 0.4) is 0 Å². The maximum atomic E-state index is 16.5. The minimum absolute atomic E-state index is 0.0132. The van der Waals surface area contributed by atoms with Crippen LogP contribution in [0.1, 0.15) is 56.9 Å². The Morgan fingerprint density at radius 3 is 2.68 bits per heavy atom. The van der Waals surface area contributed by atoms with Gasteiger partial charge in [0.1, 0.15) is 41.4 Å². The average molecular weight is 540 g/mol. The van der Waals surface area contributed by atoms with Gasteiger partial charge in [0.2, 0.25) is 5.88 Å². The lowest BCUT2D eigenvalue weighted by molar-refractivity contribution is 0.108. The van der Waals surface area contributed by atoms with E-state index >= 15 is 4.39 Å². The number of halogens is 2. The summed E-state index contributed by atoms with van der Waals surface area (Å²) in [6, 6.07) is 3.15. The number of aromatic hydroxyl groups is 1. The molecule has 3 fully saturated rings. The minimum Gasteiger partial charge on any atom is -0.508 e. The number of benzene rings is 1. The molecule has 0 radical (unpaired) electrons. The molecule has 38 heavy (non-hydrogen) atoms. The molecule has 1 saturated carbocycles. The molecule has 2 saturated heterocycles. The van der Waals surface area contributed by atoms with Crippen molar-refractivity contribution in [1.29, 1.82) is 0 Å². The van der Waals surface area contributed by atoms with Gasteiger partial charge in [0.05, 0.1) is 11.6 Å². The van der Waals surface area contributed by atoms with Gasteiger partial charge in [0, 0.05) is 17.6 Å². The number of phenolic OH excluding ortho intramolecular Hbond substituents is 1. The Morgan fingerprint density at radius 2 is 1.95 bits per heavy atom. The molecule has 1 N–H and O–H groups in total. The number of anilines is 1. The van der Waals surface area contributed by atoms with Gasteiger partial charge in [-0.1, -0.05) is 11.6 Å². The number of hydrogen-bond acceptors (Lipinski definition) is 8. The first kappa shape index (κ1) is 24.2. The highest BCUT2D eigenvalue weighted by Gasteiger charge is 2.45. The predicted molar refractivity (Wildman–Crippen MR) is 143 cm³/mol. The zero-order valence-electron chi connectivity index (χ0n) is 21.6. The molecule has 2 aromatic heterocycles. The lowest BCUT2D eigenvalue weighted by Crippen LogP contribution is -2.43. The number of hydrogen-bond donors (Lipinski definition) is 1. The summed E-state index contributed by atoms with van der Waals surface area (Å²) in [6.07, 6.45) is 6.42. The van der Waals surface area contributed by atoms with Gasteiger partial charge in [-0.25, -0.2) is 9.37 Å². The van der Waals surface area contributed by atoms with Crippen LogP contribution in [0.15, 0.2) is 12.1 Å². The SMILES string of the molecule is C[C@H]1COc2nc(-c3cc(O)cc(Cl)c3C3CC3)c(F)c3nc(OCC45CCCN4CCC5)nc(c23)N1C. The molecule has 3 aliphatic heterocycles. The normalized spacial score (nSPS) is 22.4. The Bertz CT molecular complexity index is 1440. The first-order valence-corrected chi connectivity index (χ1v) is 13.9. The Hall–Kier alpha value is -2.91. The highest BCUT2D eigenvalue weighted by Crippen LogP contribution is 2.50. The Kier molecular flexibility index (Phi) is 5.60. The zero-order chi connectivity index (χ0) is 26.2. The second-order valence-electron chi connectivity index (χ2n) is 11.3. The second-order valence-corrected chi connectivity index (χ2v) is 11.7. The number of ether oxygens (including phenoxy) is 2. The summed E-state index contributed by atoms with van der Waals surface area (Å²) in [4.78, 5) is 18.5. The van der Waals surface area contributed by atoms with E-state index in [2.05, 4.69) is 14.9 Å². The lowest BCUT2D eigenvalue weighted by Gasteiger charge is -2.31. The van der Waals surface area contributed by atoms with Crippen molar-refractivity contribution in [2.24, 2.45) is 0 Å². The van der Waals surface area contributed by atoms with Gasteiger partial charge >= 0.3 is 6.01 Å². The maximum absolute atomic E-state index is 16.5. The first-order valence-electron chi connectivity index (χ1n) is 13.5. The van der Waals surface area contributed by atoms with Crippen LogP contribution in [0.5, 0.6) is 17.6 Å². The van der Waals surface area contributed by atoms with Crippen LogP contribution >= 0.6 is 11.6 Å². The molecule has 3 aromatic rings. The number of fused-ring (bicyclic) bond motifs is 1. The second kappa shape index (κ2) is 8.81. The van der Waals surface area contributed by atoms with Crippen LogP contribution in [-0.2, 0) is 0 Å². The van der Waals surface area contributed by atoms with Crippen LogP contribution in [0.4, 0.5) is 10.2 Å². The smallest absolute Gasteiger partial charge is 0.319 e. The van der Waals surface area contributed by atoms with Gasteiger partial charge < -0.3 is 19.5 Å². The molecule has 0 amide bonds. The number of pyridine rings is 1. The van der Waals surface area contributed by atoms with Gasteiger partial charge in [0.15, 0.2) is 5.82 Å². The monoisotopic (exact) mass is 539 g/mol. The van der Waals surface area contributed by atoms with E-state index in [1.807, 2.05) is 18.9 Å².